The molecule has 0 aliphatic heterocycles. The van der Waals surface area contributed by atoms with E-state index < -0.39 is 13.9 Å². The number of likely N-dealkylation sites (N-methyl/N-ethyl adjacent to an activating group) is 1. The number of hydrogen-bond donors (Lipinski definition) is 1. The summed E-state index contributed by atoms with van der Waals surface area (Å²) in [6.45, 7) is 5.63. The summed E-state index contributed by atoms with van der Waals surface area (Å²) in [6.07, 6.45) is 61.6. The molecule has 8 nitrogen and oxygen atoms in total. The van der Waals surface area contributed by atoms with Crippen LogP contribution in [0.25, 0.3) is 0 Å². The Labute approximate surface area is 403 Å². The maximum absolute atomic E-state index is 12.8. The summed E-state index contributed by atoms with van der Waals surface area (Å²) in [5, 5.41) is 0. The van der Waals surface area contributed by atoms with Crippen LogP contribution in [0.15, 0.2) is 48.6 Å². The Bertz CT molecular complexity index is 1180. The molecule has 0 aromatic heterocycles. The maximum atomic E-state index is 12.8. The molecule has 0 radical (unpaired) electrons. The van der Waals surface area contributed by atoms with Crippen molar-refractivity contribution in [3.05, 3.63) is 48.6 Å². The van der Waals surface area contributed by atoms with Crippen LogP contribution in [-0.2, 0) is 27.9 Å². The molecule has 0 heterocycles. The SMILES string of the molecule is CCCCCCC/C=C\C/C=C\C/C=C\CCCCCCCCCCCCC(=O)OC(COCCCCCCCCCC/C=C\CCCCCCCC)COP(=O)(O)OCC[N+](C)(C)C. The zero-order valence-electron chi connectivity index (χ0n) is 43.5. The first kappa shape index (κ1) is 63.5. The van der Waals surface area contributed by atoms with E-state index >= 15 is 0 Å². The van der Waals surface area contributed by atoms with Gasteiger partial charge in [-0.3, -0.25) is 13.8 Å². The average molecular weight is 937 g/mol. The van der Waals surface area contributed by atoms with Crippen molar-refractivity contribution in [1.29, 1.82) is 0 Å². The minimum atomic E-state index is -4.28. The fourth-order valence-electron chi connectivity index (χ4n) is 7.61. The summed E-state index contributed by atoms with van der Waals surface area (Å²) in [6, 6.07) is 0. The predicted molar refractivity (Wildman–Crippen MR) is 279 cm³/mol. The van der Waals surface area contributed by atoms with E-state index in [0.29, 0.717) is 24.1 Å². The molecule has 1 N–H and O–H groups in total. The van der Waals surface area contributed by atoms with Crippen molar-refractivity contribution in [1.82, 2.24) is 0 Å². The zero-order valence-corrected chi connectivity index (χ0v) is 44.4. The molecular weight excluding hydrogens is 830 g/mol. The second kappa shape index (κ2) is 48.9. The molecule has 0 saturated heterocycles. The maximum Gasteiger partial charge on any atom is 0.472 e. The van der Waals surface area contributed by atoms with Gasteiger partial charge >= 0.3 is 13.8 Å². The van der Waals surface area contributed by atoms with Crippen molar-refractivity contribution in [2.45, 2.75) is 251 Å². The van der Waals surface area contributed by atoms with Crippen molar-refractivity contribution in [2.24, 2.45) is 0 Å². The number of carbonyl (C=O) groups excluding carboxylic acids is 1. The number of quaternary nitrogens is 1. The smallest absolute Gasteiger partial charge is 0.457 e. The molecular formula is C56H107NO7P+. The Morgan fingerprint density at radius 3 is 1.28 bits per heavy atom. The average Bonchev–Trinajstić information content (AvgIpc) is 3.27. The van der Waals surface area contributed by atoms with E-state index in [1.54, 1.807) is 0 Å². The molecule has 9 heteroatoms. The number of allylic oxidation sites excluding steroid dienone is 8. The van der Waals surface area contributed by atoms with E-state index in [0.717, 1.165) is 44.9 Å². The highest BCUT2D eigenvalue weighted by atomic mass is 31.2. The Hall–Kier alpha value is -1.54. The first-order valence-corrected chi connectivity index (χ1v) is 28.9. The molecule has 0 aromatic rings. The lowest BCUT2D eigenvalue weighted by molar-refractivity contribution is -0.870. The Balaban J connectivity index is 4.11. The lowest BCUT2D eigenvalue weighted by atomic mass is 10.0. The van der Waals surface area contributed by atoms with Crippen LogP contribution in [0, 0.1) is 0 Å². The molecule has 0 aliphatic carbocycles. The Morgan fingerprint density at radius 1 is 0.477 bits per heavy atom. The van der Waals surface area contributed by atoms with Crippen molar-refractivity contribution in [3.63, 3.8) is 0 Å². The summed E-state index contributed by atoms with van der Waals surface area (Å²) in [7, 11) is 1.67. The van der Waals surface area contributed by atoms with Gasteiger partial charge in [-0.2, -0.15) is 0 Å². The quantitative estimate of drug-likeness (QED) is 0.0214. The van der Waals surface area contributed by atoms with Gasteiger partial charge < -0.3 is 18.9 Å². The molecule has 2 atom stereocenters. The Morgan fingerprint density at radius 2 is 0.846 bits per heavy atom. The van der Waals surface area contributed by atoms with Gasteiger partial charge in [0.2, 0.25) is 0 Å². The second-order valence-electron chi connectivity index (χ2n) is 19.6. The predicted octanol–water partition coefficient (Wildman–Crippen LogP) is 17.1. The standard InChI is InChI=1S/C56H106NO7P/c1-6-8-10-12-14-16-18-20-22-24-26-27-28-29-30-31-32-33-35-37-39-41-43-45-47-49-56(58)64-55(54-63-65(59,60)62-52-50-57(3,4)5)53-61-51-48-46-44-42-40-38-36-34-25-23-21-19-17-15-13-11-9-7-2/h18,20-21,23-24,26,28-29,55H,6-17,19,22,25,27,30-54H2,1-5H3/p+1/b20-18-,23-21-,26-24-,29-28-. The summed E-state index contributed by atoms with van der Waals surface area (Å²) >= 11 is 0. The molecule has 0 bridgehead atoms. The number of rotatable bonds is 51. The van der Waals surface area contributed by atoms with E-state index in [2.05, 4.69) is 62.5 Å². The van der Waals surface area contributed by atoms with E-state index in [4.69, 9.17) is 18.5 Å². The summed E-state index contributed by atoms with van der Waals surface area (Å²) in [5.41, 5.74) is 0. The molecule has 0 spiro atoms. The summed E-state index contributed by atoms with van der Waals surface area (Å²) in [4.78, 5) is 23.0. The summed E-state index contributed by atoms with van der Waals surface area (Å²) in [5.74, 6) is -0.317. The second-order valence-corrected chi connectivity index (χ2v) is 21.1. The van der Waals surface area contributed by atoms with Gasteiger partial charge in [-0.1, -0.05) is 210 Å². The number of carbonyl (C=O) groups is 1. The minimum absolute atomic E-state index is 0.0866. The molecule has 0 amide bonds. The number of esters is 1. The zero-order chi connectivity index (χ0) is 47.6. The van der Waals surface area contributed by atoms with E-state index in [1.165, 1.54) is 180 Å². The van der Waals surface area contributed by atoms with E-state index in [-0.39, 0.29) is 25.8 Å². The van der Waals surface area contributed by atoms with E-state index in [9.17, 15) is 14.3 Å². The van der Waals surface area contributed by atoms with Gasteiger partial charge in [0.25, 0.3) is 0 Å². The molecule has 382 valence electrons. The fraction of sp³-hybridized carbons (Fsp3) is 0.839. The van der Waals surface area contributed by atoms with Gasteiger partial charge in [0, 0.05) is 13.0 Å². The summed E-state index contributed by atoms with van der Waals surface area (Å²) < 4.78 is 35.2. The highest BCUT2D eigenvalue weighted by Gasteiger charge is 2.26. The molecule has 0 aromatic carbocycles. The van der Waals surface area contributed by atoms with Crippen LogP contribution in [0.2, 0.25) is 0 Å². The van der Waals surface area contributed by atoms with Crippen LogP contribution in [0.5, 0.6) is 0 Å². The van der Waals surface area contributed by atoms with Crippen LogP contribution in [0.3, 0.4) is 0 Å². The topological polar surface area (TPSA) is 91.3 Å². The number of unbranched alkanes of at least 4 members (excludes halogenated alkanes) is 29. The van der Waals surface area contributed by atoms with Gasteiger partial charge in [-0.25, -0.2) is 4.57 Å². The van der Waals surface area contributed by atoms with Crippen LogP contribution >= 0.6 is 7.82 Å². The Kier molecular flexibility index (Phi) is 47.7. The third-order valence-corrected chi connectivity index (χ3v) is 12.8. The highest BCUT2D eigenvalue weighted by Crippen LogP contribution is 2.43. The van der Waals surface area contributed by atoms with Gasteiger partial charge in [0.15, 0.2) is 0 Å². The van der Waals surface area contributed by atoms with Crippen LogP contribution in [0.1, 0.15) is 245 Å². The van der Waals surface area contributed by atoms with Gasteiger partial charge in [-0.15, -0.1) is 0 Å². The first-order chi connectivity index (χ1) is 31.6. The third kappa shape index (κ3) is 53.3. The fourth-order valence-corrected chi connectivity index (χ4v) is 8.36. The molecule has 2 unspecified atom stereocenters. The molecule has 65 heavy (non-hydrogen) atoms. The van der Waals surface area contributed by atoms with Crippen molar-refractivity contribution >= 4 is 13.8 Å². The number of nitrogens with zero attached hydrogens (tertiary/aromatic N) is 1. The van der Waals surface area contributed by atoms with Crippen LogP contribution in [0.4, 0.5) is 0 Å². The third-order valence-electron chi connectivity index (χ3n) is 11.9. The first-order valence-electron chi connectivity index (χ1n) is 27.4. The normalized spacial score (nSPS) is 13.9. The lowest BCUT2D eigenvalue weighted by Gasteiger charge is -2.24. The number of phosphoric ester groups is 1. The van der Waals surface area contributed by atoms with Crippen molar-refractivity contribution in [3.8, 4) is 0 Å². The molecule has 0 aliphatic rings. The number of hydrogen-bond acceptors (Lipinski definition) is 6. The van der Waals surface area contributed by atoms with Gasteiger partial charge in [-0.05, 0) is 77.0 Å². The largest absolute Gasteiger partial charge is 0.472 e. The van der Waals surface area contributed by atoms with Crippen LogP contribution < -0.4 is 0 Å². The van der Waals surface area contributed by atoms with Crippen molar-refractivity contribution in [2.75, 3.05) is 54.1 Å². The molecule has 0 rings (SSSR count). The monoisotopic (exact) mass is 937 g/mol. The lowest BCUT2D eigenvalue weighted by Crippen LogP contribution is -2.37. The number of phosphoric acid groups is 1. The molecule has 0 fully saturated rings. The van der Waals surface area contributed by atoms with Gasteiger partial charge in [0.05, 0.1) is 34.4 Å². The highest BCUT2D eigenvalue weighted by molar-refractivity contribution is 7.47. The minimum Gasteiger partial charge on any atom is -0.457 e. The van der Waals surface area contributed by atoms with Crippen molar-refractivity contribution < 1.29 is 37.3 Å². The molecule has 0 saturated carbocycles. The number of ether oxygens (including phenoxy) is 2. The van der Waals surface area contributed by atoms with Crippen LogP contribution in [-0.4, -0.2) is 75.6 Å². The van der Waals surface area contributed by atoms with E-state index in [1.807, 2.05) is 21.1 Å². The van der Waals surface area contributed by atoms with Gasteiger partial charge in [0.1, 0.15) is 19.3 Å².